The number of allylic oxidation sites excluding steroid dienone is 1. The van der Waals surface area contributed by atoms with Gasteiger partial charge in [0.25, 0.3) is 0 Å². The average Bonchev–Trinajstić information content (AvgIpc) is 3.45. The van der Waals surface area contributed by atoms with Crippen LogP contribution in [0.4, 0.5) is 5.82 Å². The minimum absolute atomic E-state index is 0.199. The Bertz CT molecular complexity index is 903. The number of nitrogens with zero attached hydrogens (tertiary/aromatic N) is 3. The fraction of sp³-hybridized carbons (Fsp3) is 0.680. The van der Waals surface area contributed by atoms with Gasteiger partial charge in [-0.3, -0.25) is 4.79 Å². The van der Waals surface area contributed by atoms with Crippen molar-refractivity contribution in [1.82, 2.24) is 20.3 Å². The molecule has 9 heteroatoms. The Labute approximate surface area is 203 Å². The Kier molecular flexibility index (Phi) is 9.41. The van der Waals surface area contributed by atoms with Crippen molar-refractivity contribution in [2.24, 2.45) is 5.92 Å². The lowest BCUT2D eigenvalue weighted by Crippen LogP contribution is -2.31. The third-order valence-electron chi connectivity index (χ3n) is 6.79. The first-order valence-corrected chi connectivity index (χ1v) is 12.7. The molecule has 2 unspecified atom stereocenters. The smallest absolute Gasteiger partial charge is 0.228 e. The van der Waals surface area contributed by atoms with E-state index in [1.807, 2.05) is 13.8 Å². The molecule has 3 aliphatic rings. The van der Waals surface area contributed by atoms with Crippen LogP contribution in [-0.2, 0) is 9.63 Å². The zero-order chi connectivity index (χ0) is 24.7. The predicted octanol–water partition coefficient (Wildman–Crippen LogP) is 3.95. The molecule has 1 aliphatic carbocycles. The van der Waals surface area contributed by atoms with Gasteiger partial charge >= 0.3 is 0 Å². The van der Waals surface area contributed by atoms with Gasteiger partial charge in [-0.2, -0.15) is 4.98 Å². The first-order chi connectivity index (χ1) is 16.5. The average molecular weight is 473 g/mol. The van der Waals surface area contributed by atoms with Gasteiger partial charge in [-0.25, -0.2) is 4.98 Å². The van der Waals surface area contributed by atoms with Crippen molar-refractivity contribution < 1.29 is 14.4 Å². The van der Waals surface area contributed by atoms with Crippen LogP contribution in [-0.4, -0.2) is 53.1 Å². The van der Waals surface area contributed by atoms with Crippen LogP contribution in [0.5, 0.6) is 5.88 Å². The van der Waals surface area contributed by atoms with Crippen LogP contribution in [0.15, 0.2) is 11.3 Å². The topological polar surface area (TPSA) is 126 Å². The molecule has 0 aromatic carbocycles. The monoisotopic (exact) mass is 472 g/mol. The Morgan fingerprint density at radius 1 is 1.26 bits per heavy atom. The van der Waals surface area contributed by atoms with Crippen LogP contribution in [0, 0.1) is 11.3 Å². The SMILES string of the molecule is CC.CCCC1=C([C@H]2CCCCC2=O)ONC1c1nc(N)c(C=N)c(OCC2CCCN2C)n1. The second-order valence-electron chi connectivity index (χ2n) is 8.97. The molecule has 0 amide bonds. The van der Waals surface area contributed by atoms with Crippen LogP contribution in [0.3, 0.4) is 0 Å². The van der Waals surface area contributed by atoms with Crippen molar-refractivity contribution in [3.8, 4) is 5.88 Å². The second kappa shape index (κ2) is 12.3. The van der Waals surface area contributed by atoms with E-state index in [4.69, 9.17) is 20.7 Å². The van der Waals surface area contributed by atoms with E-state index in [0.717, 1.165) is 69.0 Å². The molecule has 4 N–H and O–H groups in total. The maximum Gasteiger partial charge on any atom is 0.228 e. The standard InChI is InChI=1S/C23H34N6O3.C2H6/c1-3-7-16-19(28-32-20(16)15-9-4-5-10-18(15)30)22-26-21(25)17(12-24)23(27-22)31-13-14-8-6-11-29(14)2;1-2/h12,14-15,19,24,28H,3-11,13H2,1-2H3,(H2,25,26,27);1-2H3/t14?,15-,19?;/m0./s1. The molecular weight excluding hydrogens is 432 g/mol. The van der Waals surface area contributed by atoms with Crippen molar-refractivity contribution in [3.05, 3.63) is 22.7 Å². The van der Waals surface area contributed by atoms with E-state index in [-0.39, 0.29) is 17.5 Å². The normalized spacial score (nSPS) is 25.1. The minimum atomic E-state index is -0.390. The fourth-order valence-electron chi connectivity index (χ4n) is 4.92. The van der Waals surface area contributed by atoms with E-state index in [1.165, 1.54) is 0 Å². The molecule has 188 valence electrons. The number of carbonyl (C=O) groups excluding carboxylic acids is 1. The van der Waals surface area contributed by atoms with E-state index in [1.54, 1.807) is 0 Å². The quantitative estimate of drug-likeness (QED) is 0.486. The first kappa shape index (κ1) is 26.1. The summed E-state index contributed by atoms with van der Waals surface area (Å²) in [5.74, 6) is 1.75. The number of ether oxygens (including phenoxy) is 1. The summed E-state index contributed by atoms with van der Waals surface area (Å²) in [6.45, 7) is 7.64. The number of hydrogen-bond acceptors (Lipinski definition) is 9. The number of anilines is 1. The van der Waals surface area contributed by atoms with Crippen LogP contribution < -0.4 is 16.0 Å². The van der Waals surface area contributed by atoms with Crippen LogP contribution in [0.2, 0.25) is 0 Å². The van der Waals surface area contributed by atoms with Crippen LogP contribution in [0.1, 0.15) is 89.6 Å². The molecular formula is C25H40N6O3. The van der Waals surface area contributed by atoms with E-state index >= 15 is 0 Å². The van der Waals surface area contributed by atoms with Crippen molar-refractivity contribution in [3.63, 3.8) is 0 Å². The van der Waals surface area contributed by atoms with Gasteiger partial charge in [-0.05, 0) is 51.3 Å². The number of likely N-dealkylation sites (tertiary alicyclic amines) is 1. The highest BCUT2D eigenvalue weighted by Gasteiger charge is 2.38. The lowest BCUT2D eigenvalue weighted by molar-refractivity contribution is -0.124. The Balaban J connectivity index is 0.00000158. The number of Topliss-reactive ketones (excluding diaryl/α,β-unsaturated/α-hetero) is 1. The van der Waals surface area contributed by atoms with E-state index in [0.29, 0.717) is 36.3 Å². The van der Waals surface area contributed by atoms with Crippen molar-refractivity contribution in [2.45, 2.75) is 84.2 Å². The summed E-state index contributed by atoms with van der Waals surface area (Å²) in [7, 11) is 2.09. The number of hydroxylamine groups is 1. The molecule has 9 nitrogen and oxygen atoms in total. The number of carbonyl (C=O) groups is 1. The number of rotatable bonds is 8. The second-order valence-corrected chi connectivity index (χ2v) is 8.97. The Hall–Kier alpha value is -2.52. The number of ketones is 1. The molecule has 1 aromatic rings. The summed E-state index contributed by atoms with van der Waals surface area (Å²) in [6, 6.07) is -0.0705. The van der Waals surface area contributed by atoms with Crippen LogP contribution in [0.25, 0.3) is 0 Å². The summed E-state index contributed by atoms with van der Waals surface area (Å²) in [5, 5.41) is 7.76. The van der Waals surface area contributed by atoms with Crippen molar-refractivity contribution >= 4 is 17.8 Å². The number of hydrogen-bond donors (Lipinski definition) is 3. The Morgan fingerprint density at radius 2 is 2.06 bits per heavy atom. The zero-order valence-electron chi connectivity index (χ0n) is 21.0. The molecule has 0 radical (unpaired) electrons. The number of likely N-dealkylation sites (N-methyl/N-ethyl adjacent to an activating group) is 1. The van der Waals surface area contributed by atoms with Gasteiger partial charge in [-0.15, -0.1) is 5.48 Å². The third kappa shape index (κ3) is 5.58. The first-order valence-electron chi connectivity index (χ1n) is 12.7. The lowest BCUT2D eigenvalue weighted by atomic mass is 9.83. The van der Waals surface area contributed by atoms with Gasteiger partial charge in [0.1, 0.15) is 30.0 Å². The van der Waals surface area contributed by atoms with Gasteiger partial charge in [0.2, 0.25) is 5.88 Å². The highest BCUT2D eigenvalue weighted by atomic mass is 16.7. The van der Waals surface area contributed by atoms with Crippen LogP contribution >= 0.6 is 0 Å². The zero-order valence-corrected chi connectivity index (χ0v) is 21.0. The van der Waals surface area contributed by atoms with Gasteiger partial charge in [0.15, 0.2) is 5.82 Å². The van der Waals surface area contributed by atoms with Gasteiger partial charge in [-0.1, -0.05) is 33.6 Å². The molecule has 3 heterocycles. The maximum atomic E-state index is 12.6. The summed E-state index contributed by atoms with van der Waals surface area (Å²) >= 11 is 0. The molecule has 3 atom stereocenters. The highest BCUT2D eigenvalue weighted by molar-refractivity contribution is 5.86. The number of aromatic nitrogens is 2. The molecule has 2 fully saturated rings. The van der Waals surface area contributed by atoms with E-state index in [9.17, 15) is 4.79 Å². The summed E-state index contributed by atoms with van der Waals surface area (Å²) in [4.78, 5) is 29.9. The van der Waals surface area contributed by atoms with Gasteiger partial charge in [0, 0.05) is 18.7 Å². The summed E-state index contributed by atoms with van der Waals surface area (Å²) in [6.07, 6.45) is 8.44. The molecule has 1 saturated carbocycles. The molecule has 0 bridgehead atoms. The summed E-state index contributed by atoms with van der Waals surface area (Å²) in [5.41, 5.74) is 10.6. The number of nitrogens with one attached hydrogen (secondary N) is 2. The van der Waals surface area contributed by atoms with Gasteiger partial charge in [0.05, 0.1) is 11.5 Å². The molecule has 34 heavy (non-hydrogen) atoms. The minimum Gasteiger partial charge on any atom is -0.475 e. The van der Waals surface area contributed by atoms with E-state index < -0.39 is 6.04 Å². The predicted molar refractivity (Wildman–Crippen MR) is 133 cm³/mol. The molecule has 1 saturated heterocycles. The molecule has 0 spiro atoms. The van der Waals surface area contributed by atoms with Gasteiger partial charge < -0.3 is 25.6 Å². The number of nitrogen functional groups attached to an aromatic ring is 1. The molecule has 4 rings (SSSR count). The molecule has 2 aliphatic heterocycles. The van der Waals surface area contributed by atoms with Crippen molar-refractivity contribution in [1.29, 1.82) is 5.41 Å². The Morgan fingerprint density at radius 3 is 2.71 bits per heavy atom. The maximum absolute atomic E-state index is 12.6. The molecule has 1 aromatic heterocycles. The lowest BCUT2D eigenvalue weighted by Gasteiger charge is -2.21. The summed E-state index contributed by atoms with van der Waals surface area (Å²) < 4.78 is 6.06. The van der Waals surface area contributed by atoms with E-state index in [2.05, 4.69) is 34.3 Å². The largest absolute Gasteiger partial charge is 0.475 e. The highest BCUT2D eigenvalue weighted by Crippen LogP contribution is 2.40. The fourth-order valence-corrected chi connectivity index (χ4v) is 4.92. The van der Waals surface area contributed by atoms with Crippen molar-refractivity contribution in [2.75, 3.05) is 25.9 Å². The number of nitrogens with two attached hydrogens (primary N) is 1. The third-order valence-corrected chi connectivity index (χ3v) is 6.79.